The summed E-state index contributed by atoms with van der Waals surface area (Å²) in [6.45, 7) is 4.67. The van der Waals surface area contributed by atoms with Crippen LogP contribution >= 0.6 is 0 Å². The normalized spacial score (nSPS) is 23.2. The summed E-state index contributed by atoms with van der Waals surface area (Å²) in [6, 6.07) is 0.129. The number of ether oxygens (including phenoxy) is 1. The molecule has 1 amide bonds. The summed E-state index contributed by atoms with van der Waals surface area (Å²) in [5, 5.41) is 8.79. The monoisotopic (exact) mass is 271 g/mol. The molecule has 1 rings (SSSR count). The van der Waals surface area contributed by atoms with Gasteiger partial charge in [-0.2, -0.15) is 0 Å². The van der Waals surface area contributed by atoms with Gasteiger partial charge in [-0.25, -0.2) is 4.79 Å². The Labute approximate surface area is 114 Å². The van der Waals surface area contributed by atoms with Crippen molar-refractivity contribution >= 4 is 12.1 Å². The van der Waals surface area contributed by atoms with Gasteiger partial charge in [-0.15, -0.1) is 0 Å². The smallest absolute Gasteiger partial charge is 0.409 e. The van der Waals surface area contributed by atoms with E-state index in [2.05, 4.69) is 0 Å². The fourth-order valence-electron chi connectivity index (χ4n) is 2.76. The molecule has 0 aromatic carbocycles. The zero-order chi connectivity index (χ0) is 14.4. The van der Waals surface area contributed by atoms with Crippen molar-refractivity contribution in [2.45, 2.75) is 52.0 Å². The number of hydrogen-bond donors (Lipinski definition) is 1. The molecule has 0 aliphatic heterocycles. The largest absolute Gasteiger partial charge is 0.481 e. The van der Waals surface area contributed by atoms with Crippen molar-refractivity contribution in [3.63, 3.8) is 0 Å². The molecule has 5 nitrogen and oxygen atoms in total. The second-order valence-electron chi connectivity index (χ2n) is 5.70. The summed E-state index contributed by atoms with van der Waals surface area (Å²) in [6.07, 6.45) is 3.89. The number of carbonyl (C=O) groups excluding carboxylic acids is 1. The number of methoxy groups -OCH3 is 1. The Morgan fingerprint density at radius 1 is 1.21 bits per heavy atom. The van der Waals surface area contributed by atoms with E-state index in [-0.39, 0.29) is 18.6 Å². The van der Waals surface area contributed by atoms with Crippen molar-refractivity contribution in [3.8, 4) is 0 Å². The maximum absolute atomic E-state index is 11.7. The SMILES string of the molecule is COC(=O)N(C[C@H]1CC[C@H](CC(=O)O)CC1)C(C)C. The summed E-state index contributed by atoms with van der Waals surface area (Å²) in [5.41, 5.74) is 0. The van der Waals surface area contributed by atoms with Gasteiger partial charge >= 0.3 is 12.1 Å². The lowest BCUT2D eigenvalue weighted by molar-refractivity contribution is -0.138. The van der Waals surface area contributed by atoms with Gasteiger partial charge < -0.3 is 14.7 Å². The summed E-state index contributed by atoms with van der Waals surface area (Å²) >= 11 is 0. The molecule has 0 atom stereocenters. The van der Waals surface area contributed by atoms with E-state index in [1.807, 2.05) is 13.8 Å². The maximum atomic E-state index is 11.7. The molecule has 0 radical (unpaired) electrons. The van der Waals surface area contributed by atoms with Crippen LogP contribution in [0.15, 0.2) is 0 Å². The Morgan fingerprint density at radius 2 is 1.74 bits per heavy atom. The van der Waals surface area contributed by atoms with Crippen molar-refractivity contribution in [3.05, 3.63) is 0 Å². The molecule has 0 aromatic rings. The number of carbonyl (C=O) groups is 2. The summed E-state index contributed by atoms with van der Waals surface area (Å²) in [5.74, 6) is 0.0627. The minimum absolute atomic E-state index is 0.129. The van der Waals surface area contributed by atoms with Gasteiger partial charge in [0.05, 0.1) is 7.11 Å². The average Bonchev–Trinajstić information content (AvgIpc) is 2.36. The second-order valence-corrected chi connectivity index (χ2v) is 5.70. The van der Waals surface area contributed by atoms with Crippen molar-refractivity contribution in [2.24, 2.45) is 11.8 Å². The van der Waals surface area contributed by atoms with Crippen LogP contribution in [0.1, 0.15) is 46.0 Å². The van der Waals surface area contributed by atoms with E-state index in [0.717, 1.165) is 25.7 Å². The first-order valence-electron chi connectivity index (χ1n) is 7.00. The van der Waals surface area contributed by atoms with E-state index in [9.17, 15) is 9.59 Å². The minimum Gasteiger partial charge on any atom is -0.481 e. The van der Waals surface area contributed by atoms with Gasteiger partial charge in [-0.05, 0) is 51.4 Å². The summed E-state index contributed by atoms with van der Waals surface area (Å²) < 4.78 is 4.80. The van der Waals surface area contributed by atoms with Crippen LogP contribution in [0.4, 0.5) is 4.79 Å². The van der Waals surface area contributed by atoms with E-state index in [1.165, 1.54) is 7.11 Å². The second kappa shape index (κ2) is 7.36. The first-order chi connectivity index (χ1) is 8.93. The van der Waals surface area contributed by atoms with Gasteiger partial charge in [0.1, 0.15) is 0 Å². The van der Waals surface area contributed by atoms with E-state index in [0.29, 0.717) is 18.4 Å². The first-order valence-corrected chi connectivity index (χ1v) is 7.00. The molecule has 19 heavy (non-hydrogen) atoms. The molecule has 0 spiro atoms. The number of rotatable bonds is 5. The molecule has 110 valence electrons. The summed E-state index contributed by atoms with van der Waals surface area (Å²) in [7, 11) is 1.40. The van der Waals surface area contributed by atoms with E-state index in [1.54, 1.807) is 4.90 Å². The highest BCUT2D eigenvalue weighted by molar-refractivity contribution is 5.67. The Bertz CT molecular complexity index is 309. The molecule has 0 unspecified atom stereocenters. The van der Waals surface area contributed by atoms with Gasteiger partial charge in [-0.3, -0.25) is 4.79 Å². The van der Waals surface area contributed by atoms with Gasteiger partial charge in [0.2, 0.25) is 0 Å². The highest BCUT2D eigenvalue weighted by Crippen LogP contribution is 2.31. The van der Waals surface area contributed by atoms with Gasteiger partial charge in [0.25, 0.3) is 0 Å². The van der Waals surface area contributed by atoms with Crippen LogP contribution in [0.2, 0.25) is 0 Å². The van der Waals surface area contributed by atoms with Crippen LogP contribution < -0.4 is 0 Å². The molecule has 0 saturated heterocycles. The minimum atomic E-state index is -0.707. The fraction of sp³-hybridized carbons (Fsp3) is 0.857. The van der Waals surface area contributed by atoms with Crippen molar-refractivity contribution in [2.75, 3.05) is 13.7 Å². The van der Waals surface area contributed by atoms with Crippen LogP contribution in [-0.4, -0.2) is 41.8 Å². The Hall–Kier alpha value is -1.26. The van der Waals surface area contributed by atoms with Crippen LogP contribution in [-0.2, 0) is 9.53 Å². The maximum Gasteiger partial charge on any atom is 0.409 e. The predicted octanol–water partition coefficient (Wildman–Crippen LogP) is 2.74. The molecule has 1 saturated carbocycles. The number of aliphatic carboxylic acids is 1. The number of hydrogen-bond acceptors (Lipinski definition) is 3. The molecule has 5 heteroatoms. The van der Waals surface area contributed by atoms with Gasteiger partial charge in [0, 0.05) is 19.0 Å². The molecule has 0 aromatic heterocycles. The Morgan fingerprint density at radius 3 is 2.16 bits per heavy atom. The van der Waals surface area contributed by atoms with Crippen LogP contribution in [0.3, 0.4) is 0 Å². The van der Waals surface area contributed by atoms with Crippen LogP contribution in [0.25, 0.3) is 0 Å². The number of carboxylic acid groups (broad SMARTS) is 1. The predicted molar refractivity (Wildman–Crippen MR) is 71.9 cm³/mol. The zero-order valence-corrected chi connectivity index (χ0v) is 12.1. The average molecular weight is 271 g/mol. The van der Waals surface area contributed by atoms with Gasteiger partial charge in [-0.1, -0.05) is 0 Å². The van der Waals surface area contributed by atoms with E-state index < -0.39 is 5.97 Å². The molecule has 0 heterocycles. The van der Waals surface area contributed by atoms with Crippen molar-refractivity contribution in [1.82, 2.24) is 4.90 Å². The number of amides is 1. The standard InChI is InChI=1S/C14H25NO4/c1-10(2)15(14(18)19-3)9-12-6-4-11(5-7-12)8-13(16)17/h10-12H,4-9H2,1-3H3,(H,16,17)/t11-,12-. The summed E-state index contributed by atoms with van der Waals surface area (Å²) in [4.78, 5) is 24.1. The Kier molecular flexibility index (Phi) is 6.12. The van der Waals surface area contributed by atoms with Crippen molar-refractivity contribution in [1.29, 1.82) is 0 Å². The molecule has 1 aliphatic rings. The molecular formula is C14H25NO4. The lowest BCUT2D eigenvalue weighted by Gasteiger charge is -2.33. The zero-order valence-electron chi connectivity index (χ0n) is 12.1. The molecule has 1 N–H and O–H groups in total. The molecule has 1 fully saturated rings. The van der Waals surface area contributed by atoms with Crippen LogP contribution in [0, 0.1) is 11.8 Å². The lowest BCUT2D eigenvalue weighted by atomic mass is 9.80. The number of carboxylic acids is 1. The fourth-order valence-corrected chi connectivity index (χ4v) is 2.76. The first kappa shape index (κ1) is 15.8. The highest BCUT2D eigenvalue weighted by atomic mass is 16.5. The highest BCUT2D eigenvalue weighted by Gasteiger charge is 2.27. The third-order valence-electron chi connectivity index (χ3n) is 3.92. The topological polar surface area (TPSA) is 66.8 Å². The van der Waals surface area contributed by atoms with Gasteiger partial charge in [0.15, 0.2) is 0 Å². The quantitative estimate of drug-likeness (QED) is 0.835. The Balaban J connectivity index is 2.42. The lowest BCUT2D eigenvalue weighted by Crippen LogP contribution is -2.41. The third kappa shape index (κ3) is 5.09. The molecular weight excluding hydrogens is 246 g/mol. The van der Waals surface area contributed by atoms with Crippen molar-refractivity contribution < 1.29 is 19.4 Å². The van der Waals surface area contributed by atoms with E-state index >= 15 is 0 Å². The number of nitrogens with zero attached hydrogens (tertiary/aromatic N) is 1. The van der Waals surface area contributed by atoms with E-state index in [4.69, 9.17) is 9.84 Å². The van der Waals surface area contributed by atoms with Crippen LogP contribution in [0.5, 0.6) is 0 Å². The third-order valence-corrected chi connectivity index (χ3v) is 3.92. The molecule has 0 bridgehead atoms. The molecule has 1 aliphatic carbocycles.